The molecule has 6 rings (SSSR count). The first kappa shape index (κ1) is 25.1. The molecule has 0 aromatic heterocycles. The van der Waals surface area contributed by atoms with Gasteiger partial charge in [-0.2, -0.15) is 0 Å². The summed E-state index contributed by atoms with van der Waals surface area (Å²) >= 11 is 0. The van der Waals surface area contributed by atoms with Crippen LogP contribution in [0, 0.1) is 56.7 Å². The van der Waals surface area contributed by atoms with Crippen molar-refractivity contribution in [2.45, 2.75) is 99.0 Å². The fourth-order valence-electron chi connectivity index (χ4n) is 11.4. The molecule has 1 saturated heterocycles. The van der Waals surface area contributed by atoms with Crippen LogP contribution in [0.1, 0.15) is 92.9 Å². The summed E-state index contributed by atoms with van der Waals surface area (Å²) < 4.78 is 11.8. The summed E-state index contributed by atoms with van der Waals surface area (Å²) in [5.74, 6) is 1.51. The van der Waals surface area contributed by atoms with Crippen LogP contribution < -0.4 is 0 Å². The van der Waals surface area contributed by atoms with Crippen molar-refractivity contribution < 1.29 is 24.2 Å². The van der Waals surface area contributed by atoms with E-state index in [1.807, 2.05) is 0 Å². The molecule has 5 aliphatic carbocycles. The number of carbonyl (C=O) groups excluding carboxylic acids is 1. The lowest BCUT2D eigenvalue weighted by atomic mass is 9.33. The van der Waals surface area contributed by atoms with Crippen LogP contribution in [0.2, 0.25) is 0 Å². The number of rotatable bonds is 1. The maximum Gasteiger partial charge on any atom is 0.310 e. The van der Waals surface area contributed by atoms with Gasteiger partial charge in [0.2, 0.25) is 0 Å². The number of carbonyl (C=O) groups is 2. The molecule has 0 aromatic carbocycles. The highest BCUT2D eigenvalue weighted by Gasteiger charge is 2.71. The van der Waals surface area contributed by atoms with Crippen LogP contribution in [-0.4, -0.2) is 36.4 Å². The lowest BCUT2D eigenvalue weighted by Gasteiger charge is -2.71. The number of aliphatic carboxylic acids is 1. The zero-order valence-electron chi connectivity index (χ0n) is 23.2. The van der Waals surface area contributed by atoms with Crippen molar-refractivity contribution in [3.05, 3.63) is 11.6 Å². The smallest absolute Gasteiger partial charge is 0.310 e. The first-order valence-corrected chi connectivity index (χ1v) is 14.5. The summed E-state index contributed by atoms with van der Waals surface area (Å²) in [5.41, 5.74) is 0.489. The Bertz CT molecular complexity index is 1020. The first-order chi connectivity index (χ1) is 16.9. The molecule has 4 saturated carbocycles. The van der Waals surface area contributed by atoms with E-state index in [0.29, 0.717) is 36.7 Å². The highest BCUT2D eigenvalue weighted by atomic mass is 16.7. The number of carboxylic acid groups (broad SMARTS) is 1. The standard InChI is InChI=1S/C31H46O5/c1-18-9-12-31(26(33)34)14-13-29(5)20(24(31)19(18)2)7-8-23-27(3)15-21(32)25-28(4,16-35-17-36-25)22(27)10-11-30(23,29)6/h7,18-19,22-25H,8-17H2,1-6H3,(H,33,34)/t18-,19?,22?,23?,24?,25?,27?,28-,29-,30?,31?/m1/s1. The second kappa shape index (κ2) is 7.68. The summed E-state index contributed by atoms with van der Waals surface area (Å²) in [6.45, 7) is 15.1. The highest BCUT2D eigenvalue weighted by Crippen LogP contribution is 2.75. The van der Waals surface area contributed by atoms with Crippen molar-refractivity contribution in [2.75, 3.05) is 13.4 Å². The van der Waals surface area contributed by atoms with Crippen LogP contribution in [0.15, 0.2) is 11.6 Å². The molecule has 0 spiro atoms. The zero-order valence-corrected chi connectivity index (χ0v) is 23.2. The van der Waals surface area contributed by atoms with E-state index in [9.17, 15) is 14.7 Å². The molecular weight excluding hydrogens is 452 g/mol. The molecule has 0 aromatic rings. The molecule has 0 bridgehead atoms. The van der Waals surface area contributed by atoms with Crippen LogP contribution in [0.3, 0.4) is 0 Å². The number of carboxylic acids is 1. The van der Waals surface area contributed by atoms with Crippen molar-refractivity contribution in [3.63, 3.8) is 0 Å². The Morgan fingerprint density at radius 3 is 2.47 bits per heavy atom. The number of hydrogen-bond donors (Lipinski definition) is 1. The summed E-state index contributed by atoms with van der Waals surface area (Å²) in [4.78, 5) is 26.4. The van der Waals surface area contributed by atoms with E-state index in [-0.39, 0.29) is 46.3 Å². The Morgan fingerprint density at radius 2 is 1.75 bits per heavy atom. The SMILES string of the molecule is CC1C2C3=CCC4C5(C)CC(=O)C6OCOC[C@]6(C)C5CCC4(C)[C@]3(C)CCC2(C(=O)O)CC[C@H]1C. The lowest BCUT2D eigenvalue weighted by molar-refractivity contribution is -0.266. The number of ketones is 1. The molecule has 5 fully saturated rings. The van der Waals surface area contributed by atoms with Gasteiger partial charge in [-0.1, -0.05) is 53.2 Å². The maximum atomic E-state index is 13.6. The average molecular weight is 499 g/mol. The Labute approximate surface area is 216 Å². The number of ether oxygens (including phenoxy) is 2. The zero-order chi connectivity index (χ0) is 25.9. The van der Waals surface area contributed by atoms with Crippen molar-refractivity contribution in [3.8, 4) is 0 Å². The molecule has 5 heteroatoms. The molecule has 5 nitrogen and oxygen atoms in total. The van der Waals surface area contributed by atoms with E-state index >= 15 is 0 Å². The minimum Gasteiger partial charge on any atom is -0.481 e. The largest absolute Gasteiger partial charge is 0.481 e. The second-order valence-corrected chi connectivity index (χ2v) is 14.8. The van der Waals surface area contributed by atoms with E-state index in [1.54, 1.807) is 0 Å². The van der Waals surface area contributed by atoms with Gasteiger partial charge in [-0.05, 0) is 90.8 Å². The lowest BCUT2D eigenvalue weighted by Crippen LogP contribution is -2.68. The van der Waals surface area contributed by atoms with Gasteiger partial charge in [0.05, 0.1) is 12.0 Å². The monoisotopic (exact) mass is 498 g/mol. The fourth-order valence-corrected chi connectivity index (χ4v) is 11.4. The van der Waals surface area contributed by atoms with Gasteiger partial charge < -0.3 is 14.6 Å². The molecule has 1 heterocycles. The summed E-state index contributed by atoms with van der Waals surface area (Å²) in [6.07, 6.45) is 9.44. The Morgan fingerprint density at radius 1 is 1.00 bits per heavy atom. The van der Waals surface area contributed by atoms with E-state index in [0.717, 1.165) is 44.9 Å². The highest BCUT2D eigenvalue weighted by molar-refractivity contribution is 5.86. The van der Waals surface area contributed by atoms with Gasteiger partial charge in [-0.15, -0.1) is 0 Å². The maximum absolute atomic E-state index is 13.6. The van der Waals surface area contributed by atoms with Gasteiger partial charge in [-0.25, -0.2) is 0 Å². The van der Waals surface area contributed by atoms with E-state index in [4.69, 9.17) is 9.47 Å². The number of fused-ring (bicyclic) bond motifs is 9. The molecule has 200 valence electrons. The average Bonchev–Trinajstić information content (AvgIpc) is 2.81. The Hall–Kier alpha value is -1.20. The van der Waals surface area contributed by atoms with Crippen molar-refractivity contribution in [1.82, 2.24) is 0 Å². The molecule has 36 heavy (non-hydrogen) atoms. The minimum absolute atomic E-state index is 0.0286. The first-order valence-electron chi connectivity index (χ1n) is 14.5. The summed E-state index contributed by atoms with van der Waals surface area (Å²) in [7, 11) is 0. The summed E-state index contributed by atoms with van der Waals surface area (Å²) in [6, 6.07) is 0. The number of allylic oxidation sites excluding steroid dienone is 2. The van der Waals surface area contributed by atoms with E-state index < -0.39 is 11.4 Å². The van der Waals surface area contributed by atoms with Gasteiger partial charge in [-0.3, -0.25) is 9.59 Å². The van der Waals surface area contributed by atoms with E-state index in [2.05, 4.69) is 47.6 Å². The molecule has 1 N–H and O–H groups in total. The predicted molar refractivity (Wildman–Crippen MR) is 137 cm³/mol. The fraction of sp³-hybridized carbons (Fsp3) is 0.871. The van der Waals surface area contributed by atoms with Gasteiger partial charge in [0.25, 0.3) is 0 Å². The quantitative estimate of drug-likeness (QED) is 0.432. The van der Waals surface area contributed by atoms with Crippen LogP contribution in [0.5, 0.6) is 0 Å². The van der Waals surface area contributed by atoms with Gasteiger partial charge in [0.1, 0.15) is 12.9 Å². The van der Waals surface area contributed by atoms with Crippen molar-refractivity contribution >= 4 is 11.8 Å². The third-order valence-electron chi connectivity index (χ3n) is 13.7. The number of Topliss-reactive ketones (excluding diaryl/α,β-unsaturated/α-hetero) is 1. The van der Waals surface area contributed by atoms with Crippen molar-refractivity contribution in [2.24, 2.45) is 56.7 Å². The predicted octanol–water partition coefficient (Wildman–Crippen LogP) is 6.26. The van der Waals surface area contributed by atoms with Crippen LogP contribution in [0.25, 0.3) is 0 Å². The molecule has 1 aliphatic heterocycles. The second-order valence-electron chi connectivity index (χ2n) is 14.8. The normalized spacial score (nSPS) is 56.3. The molecule has 6 aliphatic rings. The molecular formula is C31H46O5. The van der Waals surface area contributed by atoms with Gasteiger partial charge >= 0.3 is 5.97 Å². The topological polar surface area (TPSA) is 72.8 Å². The Balaban J connectivity index is 1.45. The van der Waals surface area contributed by atoms with Crippen LogP contribution in [0.4, 0.5) is 0 Å². The van der Waals surface area contributed by atoms with Gasteiger partial charge in [0.15, 0.2) is 5.78 Å². The van der Waals surface area contributed by atoms with Crippen molar-refractivity contribution in [1.29, 1.82) is 0 Å². The third-order valence-corrected chi connectivity index (χ3v) is 13.7. The molecule has 11 atom stereocenters. The number of hydrogen-bond acceptors (Lipinski definition) is 4. The van der Waals surface area contributed by atoms with Crippen LogP contribution >= 0.6 is 0 Å². The molecule has 0 radical (unpaired) electrons. The minimum atomic E-state index is -0.611. The van der Waals surface area contributed by atoms with Crippen LogP contribution in [-0.2, 0) is 19.1 Å². The molecule has 0 amide bonds. The van der Waals surface area contributed by atoms with E-state index in [1.165, 1.54) is 5.57 Å². The Kier molecular flexibility index (Phi) is 5.36. The third kappa shape index (κ3) is 2.80. The summed E-state index contributed by atoms with van der Waals surface area (Å²) in [5, 5.41) is 10.6. The molecule has 8 unspecified atom stereocenters. The van der Waals surface area contributed by atoms with Gasteiger partial charge in [0, 0.05) is 11.8 Å².